The summed E-state index contributed by atoms with van der Waals surface area (Å²) < 4.78 is 42.2. The van der Waals surface area contributed by atoms with Crippen LogP contribution in [0.3, 0.4) is 0 Å². The molecule has 1 N–H and O–H groups in total. The van der Waals surface area contributed by atoms with E-state index < -0.39 is 11.7 Å². The number of benzene rings is 2. The zero-order chi connectivity index (χ0) is 28.7. The van der Waals surface area contributed by atoms with E-state index in [-0.39, 0.29) is 29.1 Å². The van der Waals surface area contributed by atoms with Crippen molar-refractivity contribution in [2.45, 2.75) is 50.6 Å². The third-order valence-electron chi connectivity index (χ3n) is 7.95. The Morgan fingerprint density at radius 1 is 1.10 bits per heavy atom. The van der Waals surface area contributed by atoms with Gasteiger partial charge in [-0.3, -0.25) is 14.4 Å². The number of aliphatic imine (C=N–C) groups is 1. The van der Waals surface area contributed by atoms with Gasteiger partial charge in [0, 0.05) is 36.1 Å². The molecule has 0 spiro atoms. The number of aliphatic hydroxyl groups excluding tert-OH is 1. The van der Waals surface area contributed by atoms with Crippen molar-refractivity contribution in [3.8, 4) is 0 Å². The van der Waals surface area contributed by atoms with Crippen LogP contribution in [0.1, 0.15) is 42.4 Å². The molecule has 3 aliphatic heterocycles. The van der Waals surface area contributed by atoms with Gasteiger partial charge in [0.25, 0.3) is 5.91 Å². The van der Waals surface area contributed by atoms with Crippen molar-refractivity contribution in [2.24, 2.45) is 4.99 Å². The first-order valence-corrected chi connectivity index (χ1v) is 14.8. The van der Waals surface area contributed by atoms with Gasteiger partial charge in [-0.15, -0.1) is 0 Å². The molecular formula is C29H29ClF3N5O2S. The Morgan fingerprint density at radius 2 is 1.90 bits per heavy atom. The van der Waals surface area contributed by atoms with Crippen LogP contribution in [0.5, 0.6) is 0 Å². The van der Waals surface area contributed by atoms with Gasteiger partial charge in [0.1, 0.15) is 0 Å². The summed E-state index contributed by atoms with van der Waals surface area (Å²) in [5.74, 6) is -0.274. The maximum atomic E-state index is 13.6. The summed E-state index contributed by atoms with van der Waals surface area (Å²) in [6.45, 7) is 3.35. The lowest BCUT2D eigenvalue weighted by molar-refractivity contribution is -0.138. The molecule has 0 aliphatic carbocycles. The number of likely N-dealkylation sites (tertiary alicyclic amines) is 2. The number of hydrogen-bond donors (Lipinski definition) is 1. The van der Waals surface area contributed by atoms with Crippen LogP contribution >= 0.6 is 23.4 Å². The average molecular weight is 604 g/mol. The Hall–Kier alpha value is -2.86. The minimum atomic E-state index is -4.53. The smallest absolute Gasteiger partial charge is 0.392 e. The van der Waals surface area contributed by atoms with E-state index in [1.165, 1.54) is 28.6 Å². The summed E-state index contributed by atoms with van der Waals surface area (Å²) in [5, 5.41) is 15.8. The van der Waals surface area contributed by atoms with E-state index in [9.17, 15) is 23.1 Å². The lowest BCUT2D eigenvalue weighted by Crippen LogP contribution is -2.50. The fourth-order valence-corrected chi connectivity index (χ4v) is 6.99. The topological polar surface area (TPSA) is 74.0 Å². The molecule has 0 radical (unpaired) electrons. The summed E-state index contributed by atoms with van der Waals surface area (Å²) in [6.07, 6.45) is 2.49. The maximum absolute atomic E-state index is 13.6. The number of aromatic nitrogens is 2. The Kier molecular flexibility index (Phi) is 7.88. The number of carbonyl (C=O) groups excluding carboxylic acids is 1. The average Bonchev–Trinajstić information content (AvgIpc) is 3.51. The standard InChI is InChI=1S/C29H29ClF3N5O2S/c30-21-5-4-19(24(14-21)29(31,32)33)16-38-25-6-3-18(12-20(25)15-34-38)13-26-27(40)35-28(41-26)36-10-7-22(8-11-36)37-9-1-2-23(39)17-37/h3-6,12-15,22-23,39H,1-2,7-11,16-17H2/b26-13-. The molecule has 4 heterocycles. The first-order valence-electron chi connectivity index (χ1n) is 13.6. The maximum Gasteiger partial charge on any atom is 0.416 e. The van der Waals surface area contributed by atoms with Crippen LogP contribution in [0.4, 0.5) is 13.2 Å². The van der Waals surface area contributed by atoms with E-state index in [2.05, 4.69) is 19.9 Å². The van der Waals surface area contributed by atoms with Gasteiger partial charge in [-0.25, -0.2) is 0 Å². The number of amides is 1. The lowest BCUT2D eigenvalue weighted by Gasteiger charge is -2.41. The second-order valence-electron chi connectivity index (χ2n) is 10.7. The molecule has 3 aliphatic rings. The Labute approximate surface area is 244 Å². The van der Waals surface area contributed by atoms with Gasteiger partial charge < -0.3 is 10.0 Å². The van der Waals surface area contributed by atoms with Crippen molar-refractivity contribution in [1.29, 1.82) is 0 Å². The molecule has 3 aromatic rings. The predicted octanol–water partition coefficient (Wildman–Crippen LogP) is 5.65. The third-order valence-corrected chi connectivity index (χ3v) is 9.23. The molecule has 0 bridgehead atoms. The van der Waals surface area contributed by atoms with Crippen LogP contribution in [0, 0.1) is 0 Å². The number of carbonyl (C=O) groups is 1. The summed E-state index contributed by atoms with van der Waals surface area (Å²) in [6, 6.07) is 9.68. The highest BCUT2D eigenvalue weighted by Crippen LogP contribution is 2.35. The van der Waals surface area contributed by atoms with Crippen LogP contribution in [-0.2, 0) is 17.5 Å². The fourth-order valence-electron chi connectivity index (χ4n) is 5.85. The number of thioether (sulfide) groups is 1. The SMILES string of the molecule is O=C1N=C(N2CCC(N3CCCC(O)C3)CC2)S/C1=C\c1ccc2c(cnn2Cc2ccc(Cl)cc2C(F)(F)F)c1. The number of halogens is 4. The van der Waals surface area contributed by atoms with Gasteiger partial charge in [-0.1, -0.05) is 23.7 Å². The summed E-state index contributed by atoms with van der Waals surface area (Å²) in [7, 11) is 0. The van der Waals surface area contributed by atoms with E-state index in [0.717, 1.165) is 74.0 Å². The van der Waals surface area contributed by atoms with Crippen molar-refractivity contribution in [2.75, 3.05) is 26.2 Å². The minimum Gasteiger partial charge on any atom is -0.392 e. The number of nitrogens with zero attached hydrogens (tertiary/aromatic N) is 5. The second kappa shape index (κ2) is 11.4. The highest BCUT2D eigenvalue weighted by molar-refractivity contribution is 8.18. The second-order valence-corrected chi connectivity index (χ2v) is 12.2. The molecule has 41 heavy (non-hydrogen) atoms. The number of alkyl halides is 3. The van der Waals surface area contributed by atoms with E-state index in [4.69, 9.17) is 11.6 Å². The van der Waals surface area contributed by atoms with Gasteiger partial charge in [0.05, 0.1) is 34.8 Å². The Bertz CT molecular complexity index is 1530. The monoisotopic (exact) mass is 603 g/mol. The number of piperidine rings is 2. The minimum absolute atomic E-state index is 0.0261. The van der Waals surface area contributed by atoms with Gasteiger partial charge >= 0.3 is 6.18 Å². The van der Waals surface area contributed by atoms with Crippen molar-refractivity contribution in [1.82, 2.24) is 19.6 Å². The number of hydrogen-bond acceptors (Lipinski definition) is 6. The van der Waals surface area contributed by atoms with Gasteiger partial charge in [0.2, 0.25) is 0 Å². The quantitative estimate of drug-likeness (QED) is 0.389. The molecular weight excluding hydrogens is 575 g/mol. The number of rotatable bonds is 4. The molecule has 2 saturated heterocycles. The molecule has 216 valence electrons. The summed E-state index contributed by atoms with van der Waals surface area (Å²) in [4.78, 5) is 22.1. The Balaban J connectivity index is 1.12. The highest BCUT2D eigenvalue weighted by Gasteiger charge is 2.34. The number of fused-ring (bicyclic) bond motifs is 1. The molecule has 6 rings (SSSR count). The molecule has 1 atom stereocenters. The zero-order valence-corrected chi connectivity index (χ0v) is 23.7. The van der Waals surface area contributed by atoms with E-state index >= 15 is 0 Å². The summed E-state index contributed by atoms with van der Waals surface area (Å²) >= 11 is 7.19. The highest BCUT2D eigenvalue weighted by atomic mass is 35.5. The third kappa shape index (κ3) is 6.18. The van der Waals surface area contributed by atoms with Crippen molar-refractivity contribution < 1.29 is 23.1 Å². The van der Waals surface area contributed by atoms with Gasteiger partial charge in [-0.05, 0) is 85.5 Å². The van der Waals surface area contributed by atoms with Crippen LogP contribution in [0.15, 0.2) is 52.5 Å². The van der Waals surface area contributed by atoms with Crippen molar-refractivity contribution in [3.05, 3.63) is 69.2 Å². The molecule has 1 aromatic heterocycles. The fraction of sp³-hybridized carbons (Fsp3) is 0.414. The van der Waals surface area contributed by atoms with Crippen LogP contribution in [-0.4, -0.2) is 74.1 Å². The first-order chi connectivity index (χ1) is 19.6. The van der Waals surface area contributed by atoms with Gasteiger partial charge in [-0.2, -0.15) is 23.3 Å². The van der Waals surface area contributed by atoms with Crippen molar-refractivity contribution in [3.63, 3.8) is 0 Å². The van der Waals surface area contributed by atoms with Crippen LogP contribution in [0.25, 0.3) is 17.0 Å². The van der Waals surface area contributed by atoms with E-state index in [1.807, 2.05) is 12.1 Å². The first kappa shape index (κ1) is 28.3. The molecule has 2 aromatic carbocycles. The molecule has 1 amide bonds. The summed E-state index contributed by atoms with van der Waals surface area (Å²) in [5.41, 5.74) is 0.765. The van der Waals surface area contributed by atoms with E-state index in [1.54, 1.807) is 18.3 Å². The normalized spacial score (nSPS) is 22.2. The molecule has 0 saturated carbocycles. The van der Waals surface area contributed by atoms with E-state index in [0.29, 0.717) is 16.5 Å². The van der Waals surface area contributed by atoms with Crippen LogP contribution < -0.4 is 0 Å². The zero-order valence-electron chi connectivity index (χ0n) is 22.1. The predicted molar refractivity (Wildman–Crippen MR) is 155 cm³/mol. The molecule has 2 fully saturated rings. The number of amidine groups is 1. The lowest BCUT2D eigenvalue weighted by atomic mass is 9.99. The number of β-amino-alcohol motifs (C(OH)–C–C–N with tert-alkyl or cyclic N) is 1. The molecule has 1 unspecified atom stereocenters. The number of aliphatic hydroxyl groups is 1. The van der Waals surface area contributed by atoms with Gasteiger partial charge in [0.15, 0.2) is 5.17 Å². The van der Waals surface area contributed by atoms with Crippen LogP contribution in [0.2, 0.25) is 5.02 Å². The largest absolute Gasteiger partial charge is 0.416 e. The molecule has 12 heteroatoms. The molecule has 7 nitrogen and oxygen atoms in total. The Morgan fingerprint density at radius 3 is 2.66 bits per heavy atom. The van der Waals surface area contributed by atoms with Crippen molar-refractivity contribution >= 4 is 51.4 Å².